The molecule has 2 rings (SSSR count). The van der Waals surface area contributed by atoms with Crippen LogP contribution < -0.4 is 10.1 Å². The predicted octanol–water partition coefficient (Wildman–Crippen LogP) is 2.52. The Bertz CT molecular complexity index is 584. The Labute approximate surface area is 122 Å². The number of amides is 1. The molecule has 1 N–H and O–H groups in total. The third kappa shape index (κ3) is 5.36. The number of alkyl carbamates (subject to hydrolysis) is 1. The van der Waals surface area contributed by atoms with Crippen molar-refractivity contribution in [1.29, 1.82) is 0 Å². The molecule has 0 fully saturated rings. The maximum atomic E-state index is 11.5. The van der Waals surface area contributed by atoms with Crippen molar-refractivity contribution in [3.05, 3.63) is 66.2 Å². The van der Waals surface area contributed by atoms with E-state index >= 15 is 0 Å². The van der Waals surface area contributed by atoms with E-state index in [0.29, 0.717) is 5.75 Å². The molecule has 0 aliphatic rings. The van der Waals surface area contributed by atoms with E-state index in [1.165, 1.54) is 0 Å². The van der Waals surface area contributed by atoms with Crippen LogP contribution in [-0.2, 0) is 16.1 Å². The lowest BCUT2D eigenvalue weighted by atomic mass is 10.2. The molecule has 21 heavy (non-hydrogen) atoms. The van der Waals surface area contributed by atoms with Crippen molar-refractivity contribution < 1.29 is 19.1 Å². The first-order valence-electron chi connectivity index (χ1n) is 6.44. The van der Waals surface area contributed by atoms with Gasteiger partial charge in [-0.25, -0.2) is 9.59 Å². The Morgan fingerprint density at radius 2 is 1.52 bits per heavy atom. The highest BCUT2D eigenvalue weighted by Crippen LogP contribution is 2.08. The van der Waals surface area contributed by atoms with E-state index in [1.807, 2.05) is 36.4 Å². The van der Waals surface area contributed by atoms with Gasteiger partial charge in [0.25, 0.3) is 0 Å². The zero-order chi connectivity index (χ0) is 14.9. The second kappa shape index (κ2) is 7.69. The summed E-state index contributed by atoms with van der Waals surface area (Å²) in [6.45, 7) is -0.0943. The van der Waals surface area contributed by atoms with Gasteiger partial charge < -0.3 is 14.8 Å². The van der Waals surface area contributed by atoms with Gasteiger partial charge in [-0.2, -0.15) is 0 Å². The van der Waals surface area contributed by atoms with Crippen LogP contribution in [0.2, 0.25) is 0 Å². The van der Waals surface area contributed by atoms with Gasteiger partial charge in [0, 0.05) is 0 Å². The monoisotopic (exact) mass is 285 g/mol. The van der Waals surface area contributed by atoms with E-state index in [1.54, 1.807) is 24.3 Å². The summed E-state index contributed by atoms with van der Waals surface area (Å²) in [5.41, 5.74) is 0.875. The first-order valence-corrected chi connectivity index (χ1v) is 6.44. The van der Waals surface area contributed by atoms with Gasteiger partial charge in [-0.3, -0.25) is 0 Å². The van der Waals surface area contributed by atoms with Gasteiger partial charge in [-0.15, -0.1) is 0 Å². The first kappa shape index (κ1) is 14.6. The van der Waals surface area contributed by atoms with Gasteiger partial charge in [-0.1, -0.05) is 48.5 Å². The summed E-state index contributed by atoms with van der Waals surface area (Å²) in [5, 5.41) is 2.34. The number of carbonyl (C=O) groups is 2. The minimum absolute atomic E-state index is 0.153. The van der Waals surface area contributed by atoms with Crippen LogP contribution in [0.25, 0.3) is 0 Å². The van der Waals surface area contributed by atoms with E-state index in [9.17, 15) is 9.59 Å². The number of esters is 1. The molecule has 0 saturated carbocycles. The minimum atomic E-state index is -0.663. The number of nitrogens with one attached hydrogen (secondary N) is 1. The van der Waals surface area contributed by atoms with Gasteiger partial charge in [0.15, 0.2) is 0 Å². The fourth-order valence-corrected chi connectivity index (χ4v) is 1.57. The quantitative estimate of drug-likeness (QED) is 0.677. The highest BCUT2D eigenvalue weighted by Gasteiger charge is 2.08. The summed E-state index contributed by atoms with van der Waals surface area (Å²) < 4.78 is 9.99. The van der Waals surface area contributed by atoms with Gasteiger partial charge in [0.2, 0.25) is 0 Å². The van der Waals surface area contributed by atoms with Crippen molar-refractivity contribution in [2.75, 3.05) is 6.54 Å². The average Bonchev–Trinajstić information content (AvgIpc) is 2.53. The molecule has 108 valence electrons. The molecule has 0 radical (unpaired) electrons. The molecule has 2 aromatic rings. The molecule has 2 aromatic carbocycles. The zero-order valence-electron chi connectivity index (χ0n) is 11.3. The van der Waals surface area contributed by atoms with Crippen LogP contribution in [0.15, 0.2) is 60.7 Å². The van der Waals surface area contributed by atoms with E-state index in [0.717, 1.165) is 5.56 Å². The normalized spacial score (nSPS) is 9.71. The maximum absolute atomic E-state index is 11.5. The average molecular weight is 285 g/mol. The molecule has 5 nitrogen and oxygen atoms in total. The van der Waals surface area contributed by atoms with E-state index in [2.05, 4.69) is 5.32 Å². The summed E-state index contributed by atoms with van der Waals surface area (Å²) >= 11 is 0. The van der Waals surface area contributed by atoms with Crippen molar-refractivity contribution in [2.24, 2.45) is 0 Å². The number of benzene rings is 2. The first-order chi connectivity index (χ1) is 10.2. The van der Waals surface area contributed by atoms with E-state index in [-0.39, 0.29) is 13.2 Å². The topological polar surface area (TPSA) is 64.6 Å². The number of ether oxygens (including phenoxy) is 2. The fourth-order valence-electron chi connectivity index (χ4n) is 1.57. The Morgan fingerprint density at radius 1 is 0.905 bits per heavy atom. The smallest absolute Gasteiger partial charge is 0.407 e. The number of rotatable bonds is 5. The molecule has 1 amide bonds. The number of hydrogen-bond donors (Lipinski definition) is 1. The molecule has 0 bridgehead atoms. The Hall–Kier alpha value is -2.82. The van der Waals surface area contributed by atoms with Crippen LogP contribution in [0.3, 0.4) is 0 Å². The Balaban J connectivity index is 1.68. The molecule has 5 heteroatoms. The van der Waals surface area contributed by atoms with Gasteiger partial charge in [0.05, 0.1) is 0 Å². The molecule has 0 spiro atoms. The second-order valence-corrected chi connectivity index (χ2v) is 4.20. The number of carbonyl (C=O) groups excluding carboxylic acids is 2. The molecule has 0 unspecified atom stereocenters. The summed E-state index contributed by atoms with van der Waals surface area (Å²) in [6.07, 6.45) is -0.663. The summed E-state index contributed by atoms with van der Waals surface area (Å²) in [6, 6.07) is 17.9. The summed E-state index contributed by atoms with van der Waals surface area (Å²) in [7, 11) is 0. The standard InChI is InChI=1S/C16H15NO4/c18-15(21-14-9-5-2-6-10-14)11-17-16(19)20-12-13-7-3-1-4-8-13/h1-10H,11-12H2,(H,17,19). The lowest BCUT2D eigenvalue weighted by molar-refractivity contribution is -0.133. The van der Waals surface area contributed by atoms with E-state index in [4.69, 9.17) is 9.47 Å². The van der Waals surface area contributed by atoms with Crippen molar-refractivity contribution in [1.82, 2.24) is 5.32 Å². The lowest BCUT2D eigenvalue weighted by Gasteiger charge is -2.07. The third-order valence-corrected chi connectivity index (χ3v) is 2.56. The predicted molar refractivity (Wildman–Crippen MR) is 76.7 cm³/mol. The molecule has 0 aliphatic carbocycles. The van der Waals surface area contributed by atoms with Crippen LogP contribution in [0.1, 0.15) is 5.56 Å². The number of hydrogen-bond acceptors (Lipinski definition) is 4. The second-order valence-electron chi connectivity index (χ2n) is 4.20. The zero-order valence-corrected chi connectivity index (χ0v) is 11.3. The van der Waals surface area contributed by atoms with Crippen molar-refractivity contribution in [3.63, 3.8) is 0 Å². The SMILES string of the molecule is O=C(CNC(=O)OCc1ccccc1)Oc1ccccc1. The third-order valence-electron chi connectivity index (χ3n) is 2.56. The van der Waals surface area contributed by atoms with Crippen LogP contribution in [0.4, 0.5) is 4.79 Å². The van der Waals surface area contributed by atoms with Crippen molar-refractivity contribution in [3.8, 4) is 5.75 Å². The molecule has 0 saturated heterocycles. The molecular weight excluding hydrogens is 270 g/mol. The highest BCUT2D eigenvalue weighted by atomic mass is 16.6. The molecule has 0 atom stereocenters. The van der Waals surface area contributed by atoms with Crippen LogP contribution >= 0.6 is 0 Å². The van der Waals surface area contributed by atoms with Crippen LogP contribution in [-0.4, -0.2) is 18.6 Å². The van der Waals surface area contributed by atoms with Crippen LogP contribution in [0, 0.1) is 0 Å². The summed E-state index contributed by atoms with van der Waals surface area (Å²) in [5.74, 6) is -0.125. The fraction of sp³-hybridized carbons (Fsp3) is 0.125. The van der Waals surface area contributed by atoms with Gasteiger partial charge in [-0.05, 0) is 17.7 Å². The highest BCUT2D eigenvalue weighted by molar-refractivity contribution is 5.79. The van der Waals surface area contributed by atoms with Gasteiger partial charge in [0.1, 0.15) is 18.9 Å². The van der Waals surface area contributed by atoms with Crippen molar-refractivity contribution in [2.45, 2.75) is 6.61 Å². The Morgan fingerprint density at radius 3 is 2.19 bits per heavy atom. The largest absolute Gasteiger partial charge is 0.445 e. The number of para-hydroxylation sites is 1. The van der Waals surface area contributed by atoms with Crippen LogP contribution in [0.5, 0.6) is 5.75 Å². The molecule has 0 aromatic heterocycles. The maximum Gasteiger partial charge on any atom is 0.407 e. The minimum Gasteiger partial charge on any atom is -0.445 e. The molecule has 0 aliphatic heterocycles. The summed E-state index contributed by atoms with van der Waals surface area (Å²) in [4.78, 5) is 22.9. The lowest BCUT2D eigenvalue weighted by Crippen LogP contribution is -2.32. The Kier molecular flexibility index (Phi) is 5.34. The van der Waals surface area contributed by atoms with Crippen molar-refractivity contribution >= 4 is 12.1 Å². The molecule has 0 heterocycles. The van der Waals surface area contributed by atoms with E-state index < -0.39 is 12.1 Å². The molecular formula is C16H15NO4. The van der Waals surface area contributed by atoms with Gasteiger partial charge >= 0.3 is 12.1 Å².